The predicted octanol–water partition coefficient (Wildman–Crippen LogP) is 3.83. The number of halogens is 1. The number of carbonyl (C=O) groups is 1. The zero-order chi connectivity index (χ0) is 18.7. The van der Waals surface area contributed by atoms with Crippen molar-refractivity contribution in [2.24, 2.45) is 5.92 Å². The highest BCUT2D eigenvalue weighted by Gasteiger charge is 2.26. The molecule has 0 aliphatic rings. The Morgan fingerprint density at radius 1 is 1.19 bits per heavy atom. The molecule has 3 rings (SSSR count). The Hall–Kier alpha value is -2.66. The standard InChI is InChI=1S/C20H19ClN2O3/c1-13(2)19(14-6-8-15(21)9-7-14)20(25)26-12-16-11-18(24)23-10-4-3-5-17(23)22-16/h3-11,13,19H,12H2,1-2H3/t19-/m0/s1. The molecule has 0 N–H and O–H groups in total. The second-order valence-corrected chi connectivity index (χ2v) is 6.83. The molecule has 5 nitrogen and oxygen atoms in total. The largest absolute Gasteiger partial charge is 0.459 e. The van der Waals surface area contributed by atoms with Crippen LogP contribution in [0.25, 0.3) is 5.65 Å². The van der Waals surface area contributed by atoms with E-state index in [0.29, 0.717) is 16.4 Å². The van der Waals surface area contributed by atoms with Gasteiger partial charge in [0.05, 0.1) is 11.6 Å². The van der Waals surface area contributed by atoms with Crippen LogP contribution in [-0.2, 0) is 16.1 Å². The zero-order valence-electron chi connectivity index (χ0n) is 14.6. The van der Waals surface area contributed by atoms with Crippen molar-refractivity contribution in [3.63, 3.8) is 0 Å². The minimum atomic E-state index is -0.408. The van der Waals surface area contributed by atoms with Crippen molar-refractivity contribution in [1.82, 2.24) is 9.38 Å². The lowest BCUT2D eigenvalue weighted by Gasteiger charge is -2.20. The normalized spacial score (nSPS) is 12.3. The van der Waals surface area contributed by atoms with Crippen molar-refractivity contribution in [3.8, 4) is 0 Å². The van der Waals surface area contributed by atoms with Gasteiger partial charge in [-0.05, 0) is 35.7 Å². The number of ether oxygens (including phenoxy) is 1. The number of esters is 1. The highest BCUT2D eigenvalue weighted by Crippen LogP contribution is 2.27. The fraction of sp³-hybridized carbons (Fsp3) is 0.250. The van der Waals surface area contributed by atoms with Crippen LogP contribution in [0.5, 0.6) is 0 Å². The summed E-state index contributed by atoms with van der Waals surface area (Å²) in [7, 11) is 0. The summed E-state index contributed by atoms with van der Waals surface area (Å²) in [6.45, 7) is 3.87. The van der Waals surface area contributed by atoms with Crippen LogP contribution in [-0.4, -0.2) is 15.4 Å². The van der Waals surface area contributed by atoms with E-state index in [-0.39, 0.29) is 24.1 Å². The maximum absolute atomic E-state index is 12.6. The molecule has 6 heteroatoms. The Bertz CT molecular complexity index is 980. The van der Waals surface area contributed by atoms with Crippen molar-refractivity contribution in [2.45, 2.75) is 26.4 Å². The molecule has 0 aliphatic carbocycles. The van der Waals surface area contributed by atoms with E-state index in [0.717, 1.165) is 5.56 Å². The molecule has 2 aromatic heterocycles. The van der Waals surface area contributed by atoms with E-state index >= 15 is 0 Å². The van der Waals surface area contributed by atoms with Crippen molar-refractivity contribution < 1.29 is 9.53 Å². The first kappa shape index (κ1) is 18.1. The molecule has 0 amide bonds. The van der Waals surface area contributed by atoms with E-state index in [4.69, 9.17) is 16.3 Å². The first-order chi connectivity index (χ1) is 12.5. The van der Waals surface area contributed by atoms with Crippen molar-refractivity contribution >= 4 is 23.2 Å². The predicted molar refractivity (Wildman–Crippen MR) is 100 cm³/mol. The molecule has 0 saturated carbocycles. The molecule has 2 heterocycles. The van der Waals surface area contributed by atoms with Crippen molar-refractivity contribution in [3.05, 3.63) is 81.4 Å². The average Bonchev–Trinajstić information content (AvgIpc) is 2.61. The summed E-state index contributed by atoms with van der Waals surface area (Å²) >= 11 is 5.92. The van der Waals surface area contributed by atoms with Gasteiger partial charge in [-0.25, -0.2) is 4.98 Å². The summed E-state index contributed by atoms with van der Waals surface area (Å²) in [5.41, 5.74) is 1.58. The smallest absolute Gasteiger partial charge is 0.314 e. The number of aromatic nitrogens is 2. The summed E-state index contributed by atoms with van der Waals surface area (Å²) < 4.78 is 6.90. The lowest BCUT2D eigenvalue weighted by molar-refractivity contribution is -0.148. The fourth-order valence-electron chi connectivity index (χ4n) is 2.88. The molecule has 0 bridgehead atoms. The van der Waals surface area contributed by atoms with Gasteiger partial charge in [0.15, 0.2) is 0 Å². The Morgan fingerprint density at radius 2 is 1.92 bits per heavy atom. The van der Waals surface area contributed by atoms with Crippen LogP contribution in [0.1, 0.15) is 31.0 Å². The molecular weight excluding hydrogens is 352 g/mol. The maximum atomic E-state index is 12.6. The van der Waals surface area contributed by atoms with E-state index < -0.39 is 5.92 Å². The molecule has 0 aliphatic heterocycles. The SMILES string of the molecule is CC(C)[C@H](C(=O)OCc1cc(=O)n2ccccc2n1)c1ccc(Cl)cc1. The van der Waals surface area contributed by atoms with Crippen LogP contribution in [0.4, 0.5) is 0 Å². The number of rotatable bonds is 5. The molecule has 134 valence electrons. The third-order valence-electron chi connectivity index (χ3n) is 4.14. The van der Waals surface area contributed by atoms with Gasteiger partial charge in [0.2, 0.25) is 0 Å². The topological polar surface area (TPSA) is 60.7 Å². The lowest BCUT2D eigenvalue weighted by Crippen LogP contribution is -2.22. The van der Waals surface area contributed by atoms with Gasteiger partial charge < -0.3 is 4.74 Å². The van der Waals surface area contributed by atoms with Crippen LogP contribution in [0.15, 0.2) is 59.5 Å². The minimum Gasteiger partial charge on any atom is -0.459 e. The van der Waals surface area contributed by atoms with Crippen molar-refractivity contribution in [2.75, 3.05) is 0 Å². The summed E-state index contributed by atoms with van der Waals surface area (Å²) in [6.07, 6.45) is 1.65. The third kappa shape index (κ3) is 3.94. The molecule has 0 unspecified atom stereocenters. The minimum absolute atomic E-state index is 0.0454. The second kappa shape index (κ2) is 7.70. The van der Waals surface area contributed by atoms with Crippen LogP contribution >= 0.6 is 11.6 Å². The highest BCUT2D eigenvalue weighted by molar-refractivity contribution is 6.30. The van der Waals surface area contributed by atoms with Crippen LogP contribution in [0.2, 0.25) is 5.02 Å². The Morgan fingerprint density at radius 3 is 2.62 bits per heavy atom. The number of hydrogen-bond acceptors (Lipinski definition) is 4. The van der Waals surface area contributed by atoms with Gasteiger partial charge in [0.25, 0.3) is 5.56 Å². The zero-order valence-corrected chi connectivity index (χ0v) is 15.3. The van der Waals surface area contributed by atoms with Gasteiger partial charge in [-0.3, -0.25) is 14.0 Å². The Balaban J connectivity index is 1.78. The third-order valence-corrected chi connectivity index (χ3v) is 4.39. The molecule has 1 aromatic carbocycles. The van der Waals surface area contributed by atoms with E-state index in [9.17, 15) is 9.59 Å². The molecular formula is C20H19ClN2O3. The van der Waals surface area contributed by atoms with Gasteiger partial charge >= 0.3 is 5.97 Å². The van der Waals surface area contributed by atoms with Crippen LogP contribution in [0, 0.1) is 5.92 Å². The average molecular weight is 371 g/mol. The van der Waals surface area contributed by atoms with Crippen molar-refractivity contribution in [1.29, 1.82) is 0 Å². The van der Waals surface area contributed by atoms with Crippen LogP contribution in [0.3, 0.4) is 0 Å². The van der Waals surface area contributed by atoms with E-state index in [1.165, 1.54) is 10.5 Å². The molecule has 0 saturated heterocycles. The van der Waals surface area contributed by atoms with Gasteiger partial charge in [-0.2, -0.15) is 0 Å². The van der Waals surface area contributed by atoms with Gasteiger partial charge in [-0.1, -0.05) is 43.6 Å². The number of carbonyl (C=O) groups excluding carboxylic acids is 1. The summed E-state index contributed by atoms with van der Waals surface area (Å²) in [4.78, 5) is 29.1. The van der Waals surface area contributed by atoms with Crippen LogP contribution < -0.4 is 5.56 Å². The molecule has 3 aromatic rings. The molecule has 26 heavy (non-hydrogen) atoms. The number of benzene rings is 1. The number of hydrogen-bond donors (Lipinski definition) is 0. The summed E-state index contributed by atoms with van der Waals surface area (Å²) in [5.74, 6) is -0.704. The number of nitrogens with zero attached hydrogens (tertiary/aromatic N) is 2. The molecule has 1 atom stereocenters. The maximum Gasteiger partial charge on any atom is 0.314 e. The number of fused-ring (bicyclic) bond motifs is 1. The van der Waals surface area contributed by atoms with Gasteiger partial charge in [0, 0.05) is 17.3 Å². The van der Waals surface area contributed by atoms with E-state index in [2.05, 4.69) is 4.98 Å². The van der Waals surface area contributed by atoms with Gasteiger partial charge in [0.1, 0.15) is 12.3 Å². The summed E-state index contributed by atoms with van der Waals surface area (Å²) in [5, 5.41) is 0.616. The first-order valence-electron chi connectivity index (χ1n) is 8.35. The molecule has 0 radical (unpaired) electrons. The summed E-state index contributed by atoms with van der Waals surface area (Å²) in [6, 6.07) is 13.8. The molecule has 0 fully saturated rings. The Kier molecular flexibility index (Phi) is 5.38. The Labute approximate surface area is 156 Å². The van der Waals surface area contributed by atoms with E-state index in [1.54, 1.807) is 36.5 Å². The quantitative estimate of drug-likeness (QED) is 0.640. The monoisotopic (exact) mass is 370 g/mol. The fourth-order valence-corrected chi connectivity index (χ4v) is 3.00. The highest BCUT2D eigenvalue weighted by atomic mass is 35.5. The van der Waals surface area contributed by atoms with Gasteiger partial charge in [-0.15, -0.1) is 0 Å². The first-order valence-corrected chi connectivity index (χ1v) is 8.73. The molecule has 0 spiro atoms. The lowest BCUT2D eigenvalue weighted by atomic mass is 9.88. The second-order valence-electron chi connectivity index (χ2n) is 6.40. The number of pyridine rings is 1. The van der Waals surface area contributed by atoms with E-state index in [1.807, 2.05) is 26.0 Å².